The Labute approximate surface area is 214 Å². The predicted molar refractivity (Wildman–Crippen MR) is 133 cm³/mol. The molecule has 2 amide bonds. The minimum Gasteiger partial charge on any atom is -0.489 e. The summed E-state index contributed by atoms with van der Waals surface area (Å²) in [5.74, 6) is -0.452. The van der Waals surface area contributed by atoms with Crippen molar-refractivity contribution in [3.05, 3.63) is 57.2 Å². The number of carbonyl (C=O) groups excluding carboxylic acids is 2. The van der Waals surface area contributed by atoms with Crippen molar-refractivity contribution >= 4 is 29.1 Å². The first-order valence-electron chi connectivity index (χ1n) is 12.2. The number of aromatic nitrogens is 3. The Kier molecular flexibility index (Phi) is 6.36. The number of carbonyl (C=O) groups is 2. The summed E-state index contributed by atoms with van der Waals surface area (Å²) in [6.07, 6.45) is 2.02. The van der Waals surface area contributed by atoms with Gasteiger partial charge in [-0.1, -0.05) is 18.5 Å². The van der Waals surface area contributed by atoms with Crippen molar-refractivity contribution in [2.24, 2.45) is 0 Å². The molecule has 3 aromatic rings. The SMILES string of the molecule is CCCN(C(C)=O)[C@H]1C[C@H](Oc2cc(F)ccc2C(=O)N2Cc3nn4c(C)c(Cl)c(C)nc4c3C2)C1. The minimum atomic E-state index is -0.469. The van der Waals surface area contributed by atoms with Crippen LogP contribution in [-0.2, 0) is 17.9 Å². The number of hydrogen-bond donors (Lipinski definition) is 0. The van der Waals surface area contributed by atoms with Gasteiger partial charge in [-0.25, -0.2) is 13.9 Å². The summed E-state index contributed by atoms with van der Waals surface area (Å²) in [7, 11) is 0. The molecule has 3 heterocycles. The highest BCUT2D eigenvalue weighted by Crippen LogP contribution is 2.34. The fourth-order valence-corrected chi connectivity index (χ4v) is 5.23. The van der Waals surface area contributed by atoms with E-state index in [9.17, 15) is 14.0 Å². The fraction of sp³-hybridized carbons (Fsp3) is 0.462. The van der Waals surface area contributed by atoms with Crippen LogP contribution in [0.1, 0.15) is 66.1 Å². The van der Waals surface area contributed by atoms with Gasteiger partial charge in [-0.2, -0.15) is 5.10 Å². The van der Waals surface area contributed by atoms with Gasteiger partial charge in [-0.05, 0) is 32.4 Å². The van der Waals surface area contributed by atoms with E-state index >= 15 is 0 Å². The zero-order valence-corrected chi connectivity index (χ0v) is 21.6. The minimum absolute atomic E-state index is 0.0452. The van der Waals surface area contributed by atoms with Gasteiger partial charge in [0.15, 0.2) is 5.65 Å². The number of amides is 2. The molecule has 0 bridgehead atoms. The Morgan fingerprint density at radius 2 is 2.00 bits per heavy atom. The number of ether oxygens (including phenoxy) is 1. The average molecular weight is 514 g/mol. The lowest BCUT2D eigenvalue weighted by Crippen LogP contribution is -2.51. The van der Waals surface area contributed by atoms with E-state index in [0.29, 0.717) is 54.4 Å². The van der Waals surface area contributed by atoms with Gasteiger partial charge in [0, 0.05) is 44.0 Å². The maximum atomic E-state index is 14.1. The van der Waals surface area contributed by atoms with Crippen molar-refractivity contribution in [1.82, 2.24) is 24.4 Å². The summed E-state index contributed by atoms with van der Waals surface area (Å²) < 4.78 is 21.9. The van der Waals surface area contributed by atoms with Crippen LogP contribution in [0.3, 0.4) is 0 Å². The molecule has 0 N–H and O–H groups in total. The monoisotopic (exact) mass is 513 g/mol. The molecule has 36 heavy (non-hydrogen) atoms. The second-order valence-electron chi connectivity index (χ2n) is 9.64. The molecule has 1 fully saturated rings. The van der Waals surface area contributed by atoms with Crippen LogP contribution in [0.2, 0.25) is 5.02 Å². The highest BCUT2D eigenvalue weighted by atomic mass is 35.5. The van der Waals surface area contributed by atoms with Crippen molar-refractivity contribution in [3.63, 3.8) is 0 Å². The molecule has 1 aliphatic carbocycles. The number of fused-ring (bicyclic) bond motifs is 3. The van der Waals surface area contributed by atoms with Crippen LogP contribution in [0.25, 0.3) is 5.65 Å². The van der Waals surface area contributed by atoms with Gasteiger partial charge in [0.2, 0.25) is 5.91 Å². The highest BCUT2D eigenvalue weighted by molar-refractivity contribution is 6.31. The summed E-state index contributed by atoms with van der Waals surface area (Å²) in [5, 5.41) is 5.21. The standard InChI is InChI=1S/C26H29ClFN5O3/c1-5-8-32(16(4)34)18-10-19(11-18)36-23-9-17(28)6-7-20(23)26(35)31-12-21-22(13-31)30-33-15(3)24(27)14(2)29-25(21)33/h6-7,9,18-19H,5,8,10-13H2,1-4H3/t18-,19-. The molecule has 0 atom stereocenters. The zero-order valence-electron chi connectivity index (χ0n) is 20.8. The number of rotatable bonds is 6. The molecular formula is C26H29ClFN5O3. The van der Waals surface area contributed by atoms with Crippen LogP contribution in [-0.4, -0.2) is 54.9 Å². The van der Waals surface area contributed by atoms with Gasteiger partial charge in [0.05, 0.1) is 40.8 Å². The Morgan fingerprint density at radius 3 is 2.69 bits per heavy atom. The number of hydrogen-bond acceptors (Lipinski definition) is 5. The van der Waals surface area contributed by atoms with Crippen molar-refractivity contribution in [2.45, 2.75) is 72.2 Å². The smallest absolute Gasteiger partial charge is 0.258 e. The van der Waals surface area contributed by atoms with Gasteiger partial charge in [0.1, 0.15) is 17.7 Å². The molecule has 0 spiro atoms. The van der Waals surface area contributed by atoms with E-state index in [2.05, 4.69) is 10.1 Å². The van der Waals surface area contributed by atoms with E-state index in [0.717, 1.165) is 23.4 Å². The van der Waals surface area contributed by atoms with Crippen LogP contribution in [0.15, 0.2) is 18.2 Å². The summed E-state index contributed by atoms with van der Waals surface area (Å²) in [6, 6.07) is 4.11. The normalized spacial score (nSPS) is 18.8. The first kappa shape index (κ1) is 24.5. The number of benzene rings is 1. The quantitative estimate of drug-likeness (QED) is 0.486. The molecule has 0 saturated heterocycles. The third kappa shape index (κ3) is 4.19. The molecule has 10 heteroatoms. The van der Waals surface area contributed by atoms with Crippen molar-refractivity contribution < 1.29 is 18.7 Å². The molecular weight excluding hydrogens is 485 g/mol. The van der Waals surface area contributed by atoms with E-state index in [-0.39, 0.29) is 29.7 Å². The van der Waals surface area contributed by atoms with Crippen LogP contribution < -0.4 is 4.74 Å². The van der Waals surface area contributed by atoms with Gasteiger partial charge < -0.3 is 14.5 Å². The number of halogens is 2. The van der Waals surface area contributed by atoms with Crippen LogP contribution >= 0.6 is 11.6 Å². The van der Waals surface area contributed by atoms with Gasteiger partial charge in [-0.3, -0.25) is 9.59 Å². The van der Waals surface area contributed by atoms with E-state index < -0.39 is 5.82 Å². The molecule has 0 unspecified atom stereocenters. The average Bonchev–Trinajstić information content (AvgIpc) is 3.37. The summed E-state index contributed by atoms with van der Waals surface area (Å²) in [5.41, 5.74) is 4.18. The third-order valence-corrected chi connectivity index (χ3v) is 7.64. The largest absolute Gasteiger partial charge is 0.489 e. The first-order chi connectivity index (χ1) is 17.2. The highest BCUT2D eigenvalue weighted by Gasteiger charge is 2.37. The fourth-order valence-electron chi connectivity index (χ4n) is 5.10. The Hall–Kier alpha value is -3.20. The van der Waals surface area contributed by atoms with E-state index in [1.54, 1.807) is 16.3 Å². The molecule has 1 saturated carbocycles. The van der Waals surface area contributed by atoms with Gasteiger partial charge in [0.25, 0.3) is 5.91 Å². The van der Waals surface area contributed by atoms with Gasteiger partial charge >= 0.3 is 0 Å². The molecule has 5 rings (SSSR count). The summed E-state index contributed by atoms with van der Waals surface area (Å²) >= 11 is 6.33. The molecule has 190 valence electrons. The Balaban J connectivity index is 1.33. The molecule has 1 aliphatic heterocycles. The molecule has 0 radical (unpaired) electrons. The maximum absolute atomic E-state index is 14.1. The van der Waals surface area contributed by atoms with Crippen LogP contribution in [0.4, 0.5) is 4.39 Å². The van der Waals surface area contributed by atoms with E-state index in [1.165, 1.54) is 18.2 Å². The van der Waals surface area contributed by atoms with Crippen LogP contribution in [0, 0.1) is 19.7 Å². The van der Waals surface area contributed by atoms with Crippen molar-refractivity contribution in [2.75, 3.05) is 6.54 Å². The third-order valence-electron chi connectivity index (χ3n) is 7.09. The molecule has 2 aliphatic rings. The topological polar surface area (TPSA) is 80.0 Å². The first-order valence-corrected chi connectivity index (χ1v) is 12.6. The Bertz CT molecular complexity index is 1370. The summed E-state index contributed by atoms with van der Waals surface area (Å²) in [4.78, 5) is 33.6. The number of aryl methyl sites for hydroxylation is 2. The molecule has 1 aromatic carbocycles. The van der Waals surface area contributed by atoms with Crippen molar-refractivity contribution in [3.8, 4) is 5.75 Å². The molecule has 2 aromatic heterocycles. The Morgan fingerprint density at radius 1 is 1.25 bits per heavy atom. The lowest BCUT2D eigenvalue weighted by atomic mass is 9.87. The van der Waals surface area contributed by atoms with Crippen LogP contribution in [0.5, 0.6) is 5.75 Å². The zero-order chi connectivity index (χ0) is 25.7. The van der Waals surface area contributed by atoms with Gasteiger partial charge in [-0.15, -0.1) is 0 Å². The summed E-state index contributed by atoms with van der Waals surface area (Å²) in [6.45, 7) is 8.71. The molecule has 8 nitrogen and oxygen atoms in total. The van der Waals surface area contributed by atoms with Crippen molar-refractivity contribution in [1.29, 1.82) is 0 Å². The number of nitrogens with zero attached hydrogens (tertiary/aromatic N) is 5. The second kappa shape index (κ2) is 9.35. The lowest BCUT2D eigenvalue weighted by Gasteiger charge is -2.42. The van der Waals surface area contributed by atoms with E-state index in [4.69, 9.17) is 16.3 Å². The lowest BCUT2D eigenvalue weighted by molar-refractivity contribution is -0.135. The second-order valence-corrected chi connectivity index (χ2v) is 10.0. The predicted octanol–water partition coefficient (Wildman–Crippen LogP) is 4.46. The van der Waals surface area contributed by atoms with E-state index in [1.807, 2.05) is 25.7 Å². The maximum Gasteiger partial charge on any atom is 0.258 e.